The predicted molar refractivity (Wildman–Crippen MR) is 97.9 cm³/mol. The van der Waals surface area contributed by atoms with Crippen LogP contribution in [0.4, 0.5) is 5.69 Å². The molecule has 0 amide bonds. The lowest BCUT2D eigenvalue weighted by Crippen LogP contribution is -1.93. The van der Waals surface area contributed by atoms with E-state index in [-0.39, 0.29) is 5.69 Å². The van der Waals surface area contributed by atoms with Gasteiger partial charge in [0.2, 0.25) is 4.77 Å². The van der Waals surface area contributed by atoms with Gasteiger partial charge in [-0.15, -0.1) is 0 Å². The number of aromatic amines is 1. The van der Waals surface area contributed by atoms with E-state index in [9.17, 15) is 10.1 Å². The van der Waals surface area contributed by atoms with E-state index in [0.717, 1.165) is 28.0 Å². The molecule has 0 radical (unpaired) electrons. The molecule has 0 fully saturated rings. The molecule has 0 saturated carbocycles. The molecule has 1 N–H and O–H groups in total. The van der Waals surface area contributed by atoms with Crippen molar-refractivity contribution in [3.63, 3.8) is 0 Å². The van der Waals surface area contributed by atoms with E-state index in [1.807, 2.05) is 40.9 Å². The number of hydrogen-bond donors (Lipinski definition) is 1. The molecule has 122 valence electrons. The molecule has 0 unspecified atom stereocenters. The maximum absolute atomic E-state index is 10.8. The van der Waals surface area contributed by atoms with Gasteiger partial charge in [0, 0.05) is 30.1 Å². The largest absolute Gasteiger partial charge is 0.339 e. The van der Waals surface area contributed by atoms with Gasteiger partial charge in [-0.1, -0.05) is 30.3 Å². The lowest BCUT2D eigenvalue weighted by Gasteiger charge is -2.03. The second-order valence-corrected chi connectivity index (χ2v) is 5.88. The number of H-pyrrole nitrogens is 1. The fourth-order valence-corrected chi connectivity index (χ4v) is 2.94. The second-order valence-electron chi connectivity index (χ2n) is 5.51. The van der Waals surface area contributed by atoms with Crippen LogP contribution in [0.2, 0.25) is 0 Å². The zero-order valence-electron chi connectivity index (χ0n) is 12.9. The summed E-state index contributed by atoms with van der Waals surface area (Å²) in [6, 6.07) is 16.3. The molecule has 0 bridgehead atoms. The van der Waals surface area contributed by atoms with Crippen LogP contribution in [0.25, 0.3) is 28.0 Å². The molecule has 2 aromatic carbocycles. The minimum Gasteiger partial charge on any atom is -0.339 e. The van der Waals surface area contributed by atoms with Crippen molar-refractivity contribution in [2.24, 2.45) is 0 Å². The minimum atomic E-state index is -0.416. The maximum atomic E-state index is 10.8. The molecular formula is C18H12N4O2S. The third-order valence-corrected chi connectivity index (χ3v) is 4.29. The van der Waals surface area contributed by atoms with Crippen LogP contribution in [0, 0.1) is 14.9 Å². The molecule has 0 atom stereocenters. The number of aromatic nitrogens is 3. The first kappa shape index (κ1) is 15.2. The molecule has 2 aromatic heterocycles. The van der Waals surface area contributed by atoms with E-state index in [1.54, 1.807) is 18.3 Å². The van der Waals surface area contributed by atoms with Crippen molar-refractivity contribution < 1.29 is 4.92 Å². The van der Waals surface area contributed by atoms with Crippen molar-refractivity contribution in [2.45, 2.75) is 0 Å². The fourth-order valence-electron chi connectivity index (χ4n) is 2.74. The van der Waals surface area contributed by atoms with Gasteiger partial charge in [0.25, 0.3) is 5.69 Å². The minimum absolute atomic E-state index is 0.0527. The Balaban J connectivity index is 1.90. The van der Waals surface area contributed by atoms with Crippen LogP contribution in [-0.4, -0.2) is 19.3 Å². The molecule has 6 nitrogen and oxygen atoms in total. The summed E-state index contributed by atoms with van der Waals surface area (Å²) < 4.78 is 2.26. The summed E-state index contributed by atoms with van der Waals surface area (Å²) >= 11 is 5.32. The van der Waals surface area contributed by atoms with Crippen LogP contribution in [0.15, 0.2) is 67.0 Å². The first-order valence-corrected chi connectivity index (χ1v) is 7.95. The summed E-state index contributed by atoms with van der Waals surface area (Å²) in [6.07, 6.45) is 3.60. The summed E-state index contributed by atoms with van der Waals surface area (Å²) in [5, 5.41) is 10.8. The highest BCUT2D eigenvalue weighted by Crippen LogP contribution is 2.28. The highest BCUT2D eigenvalue weighted by molar-refractivity contribution is 7.71. The van der Waals surface area contributed by atoms with Gasteiger partial charge in [0.05, 0.1) is 10.6 Å². The second kappa shape index (κ2) is 5.95. The van der Waals surface area contributed by atoms with Crippen LogP contribution in [-0.2, 0) is 0 Å². The van der Waals surface area contributed by atoms with Crippen molar-refractivity contribution in [2.75, 3.05) is 0 Å². The van der Waals surface area contributed by atoms with Crippen molar-refractivity contribution in [3.05, 3.63) is 81.9 Å². The quantitative estimate of drug-likeness (QED) is 0.332. The Kier molecular flexibility index (Phi) is 3.62. The molecule has 7 heteroatoms. The van der Waals surface area contributed by atoms with E-state index in [4.69, 9.17) is 12.2 Å². The lowest BCUT2D eigenvalue weighted by molar-refractivity contribution is -0.384. The van der Waals surface area contributed by atoms with Gasteiger partial charge in [0.15, 0.2) is 0 Å². The van der Waals surface area contributed by atoms with E-state index in [1.165, 1.54) is 12.1 Å². The van der Waals surface area contributed by atoms with Gasteiger partial charge in [-0.05, 0) is 35.5 Å². The van der Waals surface area contributed by atoms with Crippen molar-refractivity contribution >= 4 is 23.6 Å². The molecule has 4 rings (SSSR count). The average Bonchev–Trinajstić information content (AvgIpc) is 3.09. The zero-order valence-corrected chi connectivity index (χ0v) is 13.7. The normalized spacial score (nSPS) is 10.9. The smallest absolute Gasteiger partial charge is 0.269 e. The third kappa shape index (κ3) is 2.70. The number of hydrogen-bond acceptors (Lipinski definition) is 4. The summed E-state index contributed by atoms with van der Waals surface area (Å²) in [7, 11) is 0. The summed E-state index contributed by atoms with van der Waals surface area (Å²) in [5.74, 6) is 0. The van der Waals surface area contributed by atoms with Gasteiger partial charge in [-0.3, -0.25) is 14.5 Å². The van der Waals surface area contributed by atoms with Gasteiger partial charge < -0.3 is 4.98 Å². The van der Waals surface area contributed by atoms with Crippen LogP contribution < -0.4 is 0 Å². The molecule has 0 saturated heterocycles. The van der Waals surface area contributed by atoms with Crippen LogP contribution in [0.5, 0.6) is 0 Å². The topological polar surface area (TPSA) is 76.2 Å². The van der Waals surface area contributed by atoms with E-state index >= 15 is 0 Å². The number of nitrogens with zero attached hydrogens (tertiary/aromatic N) is 3. The molecule has 2 heterocycles. The van der Waals surface area contributed by atoms with Gasteiger partial charge >= 0.3 is 0 Å². The van der Waals surface area contributed by atoms with Gasteiger partial charge in [-0.2, -0.15) is 0 Å². The zero-order chi connectivity index (χ0) is 17.4. The first-order chi connectivity index (χ1) is 12.1. The molecule has 0 spiro atoms. The third-order valence-electron chi connectivity index (χ3n) is 3.99. The Morgan fingerprint density at radius 2 is 1.76 bits per heavy atom. The fraction of sp³-hybridized carbons (Fsp3) is 0. The molecular weight excluding hydrogens is 336 g/mol. The Hall–Kier alpha value is -3.32. The van der Waals surface area contributed by atoms with Crippen molar-refractivity contribution in [1.82, 2.24) is 14.4 Å². The first-order valence-electron chi connectivity index (χ1n) is 7.54. The number of nitro benzene ring substituents is 1. The van der Waals surface area contributed by atoms with E-state index in [0.29, 0.717) is 4.77 Å². The van der Waals surface area contributed by atoms with Crippen LogP contribution in [0.3, 0.4) is 0 Å². The number of fused-ring (bicyclic) bond motifs is 1. The van der Waals surface area contributed by atoms with Crippen LogP contribution >= 0.6 is 12.2 Å². The van der Waals surface area contributed by atoms with E-state index in [2.05, 4.69) is 9.97 Å². The van der Waals surface area contributed by atoms with E-state index < -0.39 is 4.92 Å². The van der Waals surface area contributed by atoms with Gasteiger partial charge in [-0.25, -0.2) is 4.98 Å². The molecule has 0 aliphatic heterocycles. The Morgan fingerprint density at radius 1 is 1.04 bits per heavy atom. The summed E-state index contributed by atoms with van der Waals surface area (Å²) in [6.45, 7) is 0. The number of nitro groups is 1. The van der Waals surface area contributed by atoms with Crippen molar-refractivity contribution in [1.29, 1.82) is 0 Å². The lowest BCUT2D eigenvalue weighted by atomic mass is 10.1. The predicted octanol–water partition coefficient (Wildman–Crippen LogP) is 4.63. The summed E-state index contributed by atoms with van der Waals surface area (Å²) in [4.78, 5) is 18.1. The summed E-state index contributed by atoms with van der Waals surface area (Å²) in [5.41, 5.74) is 4.46. The number of rotatable bonds is 3. The maximum Gasteiger partial charge on any atom is 0.269 e. The molecule has 0 aliphatic carbocycles. The number of nitrogens with one attached hydrogen (secondary N) is 1. The SMILES string of the molecule is O=[N+]([O-])c1ccc(-c2cnc(=S)n3cc(-c4ccccc4)[nH]c23)cc1. The molecule has 0 aliphatic rings. The van der Waals surface area contributed by atoms with Crippen molar-refractivity contribution in [3.8, 4) is 22.4 Å². The highest BCUT2D eigenvalue weighted by atomic mass is 32.1. The van der Waals surface area contributed by atoms with Crippen LogP contribution in [0.1, 0.15) is 0 Å². The number of non-ortho nitro benzene ring substituents is 1. The average molecular weight is 348 g/mol. The number of imidazole rings is 1. The van der Waals surface area contributed by atoms with Gasteiger partial charge in [0.1, 0.15) is 5.65 Å². The molecule has 25 heavy (non-hydrogen) atoms. The Morgan fingerprint density at radius 3 is 2.44 bits per heavy atom. The Labute approximate surface area is 147 Å². The Bertz CT molecular complexity index is 1130. The number of benzene rings is 2. The standard InChI is InChI=1S/C18H12N4O2S/c23-22(24)14-8-6-12(7-9-14)15-10-19-18(25)21-11-16(20-17(15)21)13-4-2-1-3-5-13/h1-11,20H. The molecule has 4 aromatic rings. The monoisotopic (exact) mass is 348 g/mol. The highest BCUT2D eigenvalue weighted by Gasteiger charge is 2.12.